The highest BCUT2D eigenvalue weighted by atomic mass is 19.1. The quantitative estimate of drug-likeness (QED) is 0.921. The Labute approximate surface area is 145 Å². The summed E-state index contributed by atoms with van der Waals surface area (Å²) < 4.78 is 19.3. The molecule has 1 amide bonds. The number of hydrogen-bond donors (Lipinski definition) is 1. The van der Waals surface area contributed by atoms with Gasteiger partial charge in [0, 0.05) is 20.2 Å². The smallest absolute Gasteiger partial charge is 0.233 e. The maximum Gasteiger partial charge on any atom is 0.233 e. The van der Waals surface area contributed by atoms with Gasteiger partial charge in [-0.25, -0.2) is 4.39 Å². The Balaban J connectivity index is 1.60. The van der Waals surface area contributed by atoms with Crippen molar-refractivity contribution in [1.82, 2.24) is 20.3 Å². The molecule has 2 aromatic rings. The van der Waals surface area contributed by atoms with Crippen molar-refractivity contribution in [3.63, 3.8) is 0 Å². The molecule has 2 heterocycles. The molecule has 1 saturated carbocycles. The number of H-pyrrole nitrogens is 1. The molecule has 6 nitrogen and oxygen atoms in total. The summed E-state index contributed by atoms with van der Waals surface area (Å²) in [6, 6.07) is 6.45. The highest BCUT2D eigenvalue weighted by molar-refractivity contribution is 5.89. The molecule has 132 valence electrons. The number of aromatic amines is 1. The Morgan fingerprint density at radius 3 is 2.84 bits per heavy atom. The lowest BCUT2D eigenvalue weighted by Crippen LogP contribution is -2.50. The fourth-order valence-corrected chi connectivity index (χ4v) is 4.10. The number of rotatable bonds is 4. The molecule has 2 atom stereocenters. The molecule has 0 radical (unpaired) electrons. The number of halogens is 1. The largest absolute Gasteiger partial charge is 0.379 e. The predicted octanol–water partition coefficient (Wildman–Crippen LogP) is 2.01. The van der Waals surface area contributed by atoms with E-state index in [1.54, 1.807) is 19.4 Å². The van der Waals surface area contributed by atoms with Crippen molar-refractivity contribution in [1.29, 1.82) is 0 Å². The summed E-state index contributed by atoms with van der Waals surface area (Å²) in [6.45, 7) is 1.06. The van der Waals surface area contributed by atoms with E-state index in [-0.39, 0.29) is 23.7 Å². The minimum absolute atomic E-state index is 0.00247. The number of ether oxygens (including phenoxy) is 1. The van der Waals surface area contributed by atoms with Gasteiger partial charge in [-0.2, -0.15) is 15.4 Å². The Morgan fingerprint density at radius 2 is 2.24 bits per heavy atom. The van der Waals surface area contributed by atoms with Crippen molar-refractivity contribution in [3.05, 3.63) is 47.5 Å². The third-order valence-corrected chi connectivity index (χ3v) is 5.66. The van der Waals surface area contributed by atoms with Crippen LogP contribution in [0.1, 0.15) is 36.4 Å². The molecule has 1 saturated heterocycles. The number of aromatic nitrogens is 3. The minimum atomic E-state index is -0.598. The van der Waals surface area contributed by atoms with E-state index in [4.69, 9.17) is 4.74 Å². The van der Waals surface area contributed by atoms with Gasteiger partial charge in [-0.05, 0) is 30.5 Å². The first kappa shape index (κ1) is 16.2. The number of carbonyl (C=O) groups excluding carboxylic acids is 1. The molecule has 0 unspecified atom stereocenters. The molecule has 7 heteroatoms. The van der Waals surface area contributed by atoms with Crippen LogP contribution in [0.25, 0.3) is 0 Å². The third kappa shape index (κ3) is 2.63. The topological polar surface area (TPSA) is 71.1 Å². The summed E-state index contributed by atoms with van der Waals surface area (Å²) in [5.41, 5.74) is 0.984. The Morgan fingerprint density at radius 1 is 1.40 bits per heavy atom. The van der Waals surface area contributed by atoms with E-state index in [1.165, 1.54) is 12.1 Å². The summed E-state index contributed by atoms with van der Waals surface area (Å²) in [5, 5.41) is 10.6. The normalized spacial score (nSPS) is 25.0. The van der Waals surface area contributed by atoms with Crippen molar-refractivity contribution in [3.8, 4) is 0 Å². The van der Waals surface area contributed by atoms with E-state index in [1.807, 2.05) is 11.0 Å². The first-order valence-corrected chi connectivity index (χ1v) is 8.58. The zero-order valence-corrected chi connectivity index (χ0v) is 14.1. The molecular weight excluding hydrogens is 323 g/mol. The van der Waals surface area contributed by atoms with Gasteiger partial charge in [0.25, 0.3) is 0 Å². The molecule has 1 aromatic heterocycles. The van der Waals surface area contributed by atoms with Gasteiger partial charge in [-0.1, -0.05) is 18.6 Å². The average molecular weight is 344 g/mol. The number of hydrogen-bond acceptors (Lipinski definition) is 4. The Kier molecular flexibility index (Phi) is 4.03. The van der Waals surface area contributed by atoms with Crippen LogP contribution in [0.3, 0.4) is 0 Å². The van der Waals surface area contributed by atoms with Crippen LogP contribution >= 0.6 is 0 Å². The number of methoxy groups -OCH3 is 1. The summed E-state index contributed by atoms with van der Waals surface area (Å²) in [4.78, 5) is 15.2. The molecular formula is C18H21FN4O2. The molecule has 4 rings (SSSR count). The van der Waals surface area contributed by atoms with Crippen LogP contribution in [-0.4, -0.2) is 52.5 Å². The molecule has 2 fully saturated rings. The average Bonchev–Trinajstić information content (AvgIpc) is 3.23. The molecule has 1 aromatic carbocycles. The predicted molar refractivity (Wildman–Crippen MR) is 88.4 cm³/mol. The standard InChI is InChI=1S/C18H21FN4O2/c1-25-16-11-23(10-14(16)15-9-20-22-21-15)17(24)18(6-3-7-18)12-4-2-5-13(19)8-12/h2,4-5,8-9,14,16H,3,6-7,10-11H2,1H3,(H,20,21,22)/t14-,16+/m0/s1. The van der Waals surface area contributed by atoms with Crippen LogP contribution < -0.4 is 0 Å². The second kappa shape index (κ2) is 6.22. The molecule has 25 heavy (non-hydrogen) atoms. The first-order chi connectivity index (χ1) is 12.1. The summed E-state index contributed by atoms with van der Waals surface area (Å²) in [7, 11) is 1.65. The van der Waals surface area contributed by atoms with Crippen LogP contribution in [0.2, 0.25) is 0 Å². The number of carbonyl (C=O) groups is 1. The van der Waals surface area contributed by atoms with E-state index in [0.717, 1.165) is 30.5 Å². The zero-order valence-electron chi connectivity index (χ0n) is 14.1. The SMILES string of the molecule is CO[C@@H]1CN(C(=O)C2(c3cccc(F)c3)CCC2)C[C@H]1c1cn[nH]n1. The van der Waals surface area contributed by atoms with E-state index < -0.39 is 5.41 Å². The van der Waals surface area contributed by atoms with Gasteiger partial charge in [0.2, 0.25) is 5.91 Å². The highest BCUT2D eigenvalue weighted by Gasteiger charge is 2.50. The number of nitrogens with one attached hydrogen (secondary N) is 1. The molecule has 0 bridgehead atoms. The van der Waals surface area contributed by atoms with Crippen LogP contribution in [-0.2, 0) is 14.9 Å². The highest BCUT2D eigenvalue weighted by Crippen LogP contribution is 2.46. The fourth-order valence-electron chi connectivity index (χ4n) is 4.10. The van der Waals surface area contributed by atoms with E-state index in [9.17, 15) is 9.18 Å². The van der Waals surface area contributed by atoms with Gasteiger partial charge < -0.3 is 9.64 Å². The van der Waals surface area contributed by atoms with Crippen LogP contribution in [0, 0.1) is 5.82 Å². The van der Waals surface area contributed by atoms with Crippen molar-refractivity contribution >= 4 is 5.91 Å². The maximum atomic E-state index is 13.7. The van der Waals surface area contributed by atoms with Gasteiger partial charge in [0.05, 0.1) is 29.3 Å². The zero-order chi connectivity index (χ0) is 17.4. The Bertz CT molecular complexity index is 760. The summed E-state index contributed by atoms with van der Waals surface area (Å²) in [6.07, 6.45) is 4.07. The third-order valence-electron chi connectivity index (χ3n) is 5.66. The number of benzene rings is 1. The summed E-state index contributed by atoms with van der Waals surface area (Å²) >= 11 is 0. The van der Waals surface area contributed by atoms with Gasteiger partial charge in [0.1, 0.15) is 5.82 Å². The Hall–Kier alpha value is -2.28. The van der Waals surface area contributed by atoms with Gasteiger partial charge in [0.15, 0.2) is 0 Å². The van der Waals surface area contributed by atoms with Crippen molar-refractivity contribution in [2.75, 3.05) is 20.2 Å². The first-order valence-electron chi connectivity index (χ1n) is 8.58. The molecule has 1 aliphatic carbocycles. The number of likely N-dealkylation sites (tertiary alicyclic amines) is 1. The lowest BCUT2D eigenvalue weighted by molar-refractivity contribution is -0.140. The van der Waals surface area contributed by atoms with E-state index in [2.05, 4.69) is 15.4 Å². The molecule has 2 aliphatic rings. The molecule has 1 aliphatic heterocycles. The summed E-state index contributed by atoms with van der Waals surface area (Å²) in [5.74, 6) is -0.233. The fraction of sp³-hybridized carbons (Fsp3) is 0.500. The monoisotopic (exact) mass is 344 g/mol. The molecule has 1 N–H and O–H groups in total. The van der Waals surface area contributed by atoms with Crippen molar-refractivity contribution in [2.45, 2.75) is 36.7 Å². The lowest BCUT2D eigenvalue weighted by Gasteiger charge is -2.43. The molecule has 0 spiro atoms. The van der Waals surface area contributed by atoms with Crippen molar-refractivity contribution in [2.24, 2.45) is 0 Å². The second-order valence-corrected chi connectivity index (χ2v) is 6.93. The van der Waals surface area contributed by atoms with Crippen LogP contribution in [0.15, 0.2) is 30.5 Å². The van der Waals surface area contributed by atoms with Gasteiger partial charge >= 0.3 is 0 Å². The van der Waals surface area contributed by atoms with Crippen molar-refractivity contribution < 1.29 is 13.9 Å². The van der Waals surface area contributed by atoms with Crippen LogP contribution in [0.4, 0.5) is 4.39 Å². The second-order valence-electron chi connectivity index (χ2n) is 6.93. The van der Waals surface area contributed by atoms with Gasteiger partial charge in [-0.3, -0.25) is 4.79 Å². The maximum absolute atomic E-state index is 13.7. The number of nitrogens with zero attached hydrogens (tertiary/aromatic N) is 3. The van der Waals surface area contributed by atoms with Gasteiger partial charge in [-0.15, -0.1) is 0 Å². The van der Waals surface area contributed by atoms with Crippen LogP contribution in [0.5, 0.6) is 0 Å². The minimum Gasteiger partial charge on any atom is -0.379 e. The van der Waals surface area contributed by atoms with E-state index in [0.29, 0.717) is 13.1 Å². The van der Waals surface area contributed by atoms with E-state index >= 15 is 0 Å². The lowest BCUT2D eigenvalue weighted by atomic mass is 9.63. The number of amides is 1.